The van der Waals surface area contributed by atoms with Gasteiger partial charge in [0, 0.05) is 38.8 Å². The van der Waals surface area contributed by atoms with Crippen molar-refractivity contribution in [1.29, 1.82) is 0 Å². The predicted molar refractivity (Wildman–Crippen MR) is 111 cm³/mol. The van der Waals surface area contributed by atoms with Gasteiger partial charge in [-0.15, -0.1) is 0 Å². The number of hydrogen-bond acceptors (Lipinski definition) is 7. The molecule has 3 fully saturated rings. The van der Waals surface area contributed by atoms with Crippen LogP contribution in [-0.2, 0) is 31.0 Å². The monoisotopic (exact) mass is 434 g/mol. The van der Waals surface area contributed by atoms with Crippen LogP contribution in [0.3, 0.4) is 0 Å². The summed E-state index contributed by atoms with van der Waals surface area (Å²) in [5.41, 5.74) is -0.555. The van der Waals surface area contributed by atoms with Gasteiger partial charge in [-0.1, -0.05) is 30.8 Å². The SMILES string of the molecule is CC(=O)NC1(c2noc(CCC(=O)N3CCC(C4OCCO4)CC3)n2)CCCCCC1. The van der Waals surface area contributed by atoms with Crippen LogP contribution >= 0.6 is 0 Å². The Morgan fingerprint density at radius 1 is 1.10 bits per heavy atom. The molecule has 0 spiro atoms. The summed E-state index contributed by atoms with van der Waals surface area (Å²) in [6.07, 6.45) is 8.43. The van der Waals surface area contributed by atoms with Crippen molar-refractivity contribution in [3.8, 4) is 0 Å². The summed E-state index contributed by atoms with van der Waals surface area (Å²) < 4.78 is 16.7. The lowest BCUT2D eigenvalue weighted by Crippen LogP contribution is -2.45. The zero-order valence-electron chi connectivity index (χ0n) is 18.4. The van der Waals surface area contributed by atoms with Crippen molar-refractivity contribution >= 4 is 11.8 Å². The smallest absolute Gasteiger partial charge is 0.227 e. The summed E-state index contributed by atoms with van der Waals surface area (Å²) in [6, 6.07) is 0. The normalized spacial score (nSPS) is 22.9. The number of nitrogens with one attached hydrogen (secondary N) is 1. The van der Waals surface area contributed by atoms with Crippen LogP contribution in [0.5, 0.6) is 0 Å². The number of aromatic nitrogens is 2. The Hall–Kier alpha value is -2.00. The fraction of sp³-hybridized carbons (Fsp3) is 0.818. The highest BCUT2D eigenvalue weighted by Gasteiger charge is 2.38. The highest BCUT2D eigenvalue weighted by molar-refractivity contribution is 5.76. The largest absolute Gasteiger partial charge is 0.350 e. The molecule has 172 valence electrons. The molecule has 2 saturated heterocycles. The van der Waals surface area contributed by atoms with Gasteiger partial charge in [-0.3, -0.25) is 9.59 Å². The first-order valence-corrected chi connectivity index (χ1v) is 11.7. The fourth-order valence-electron chi connectivity index (χ4n) is 5.07. The lowest BCUT2D eigenvalue weighted by atomic mass is 9.89. The molecule has 3 heterocycles. The number of amides is 2. The Morgan fingerprint density at radius 2 is 1.77 bits per heavy atom. The van der Waals surface area contributed by atoms with E-state index in [0.29, 0.717) is 43.7 Å². The number of ether oxygens (including phenoxy) is 2. The molecule has 1 aliphatic carbocycles. The van der Waals surface area contributed by atoms with E-state index in [4.69, 9.17) is 14.0 Å². The maximum absolute atomic E-state index is 12.7. The highest BCUT2D eigenvalue weighted by atomic mass is 16.7. The molecule has 31 heavy (non-hydrogen) atoms. The lowest BCUT2D eigenvalue weighted by Gasteiger charge is -2.33. The molecular weight excluding hydrogens is 400 g/mol. The van der Waals surface area contributed by atoms with Crippen LogP contribution in [0.2, 0.25) is 0 Å². The second kappa shape index (κ2) is 10.1. The predicted octanol–water partition coefficient (Wildman–Crippen LogP) is 2.30. The highest BCUT2D eigenvalue weighted by Crippen LogP contribution is 2.34. The molecule has 1 aromatic heterocycles. The summed E-state index contributed by atoms with van der Waals surface area (Å²) in [5, 5.41) is 7.29. The Balaban J connectivity index is 1.30. The lowest BCUT2D eigenvalue weighted by molar-refractivity contribution is -0.136. The molecule has 0 atom stereocenters. The molecule has 0 aromatic carbocycles. The van der Waals surface area contributed by atoms with Crippen molar-refractivity contribution in [2.75, 3.05) is 26.3 Å². The molecule has 1 aromatic rings. The van der Waals surface area contributed by atoms with E-state index in [-0.39, 0.29) is 18.1 Å². The Bertz CT molecular complexity index is 745. The van der Waals surface area contributed by atoms with Gasteiger partial charge in [0.2, 0.25) is 17.7 Å². The average Bonchev–Trinajstić information content (AvgIpc) is 3.42. The van der Waals surface area contributed by atoms with Gasteiger partial charge in [-0.2, -0.15) is 4.98 Å². The zero-order chi connectivity index (χ0) is 21.7. The average molecular weight is 435 g/mol. The van der Waals surface area contributed by atoms with Gasteiger partial charge in [-0.05, 0) is 25.7 Å². The van der Waals surface area contributed by atoms with Crippen molar-refractivity contribution in [2.45, 2.75) is 83.0 Å². The van der Waals surface area contributed by atoms with Gasteiger partial charge < -0.3 is 24.2 Å². The minimum atomic E-state index is -0.555. The molecule has 9 nitrogen and oxygen atoms in total. The third kappa shape index (κ3) is 5.44. The van der Waals surface area contributed by atoms with E-state index >= 15 is 0 Å². The van der Waals surface area contributed by atoms with Crippen molar-refractivity contribution < 1.29 is 23.6 Å². The number of carbonyl (C=O) groups excluding carboxylic acids is 2. The third-order valence-corrected chi connectivity index (χ3v) is 6.75. The van der Waals surface area contributed by atoms with Crippen LogP contribution in [0.15, 0.2) is 4.52 Å². The second-order valence-electron chi connectivity index (χ2n) is 9.02. The fourth-order valence-corrected chi connectivity index (χ4v) is 5.07. The van der Waals surface area contributed by atoms with Crippen LogP contribution in [-0.4, -0.2) is 59.4 Å². The second-order valence-corrected chi connectivity index (χ2v) is 9.02. The van der Waals surface area contributed by atoms with Crippen LogP contribution < -0.4 is 5.32 Å². The first kappa shape index (κ1) is 22.2. The number of likely N-dealkylation sites (tertiary alicyclic amines) is 1. The first-order chi connectivity index (χ1) is 15.1. The number of hydrogen-bond donors (Lipinski definition) is 1. The topological polar surface area (TPSA) is 107 Å². The van der Waals surface area contributed by atoms with Crippen LogP contribution in [0.1, 0.15) is 76.4 Å². The molecule has 0 bridgehead atoms. The number of rotatable bonds is 6. The molecule has 2 aliphatic heterocycles. The van der Waals surface area contributed by atoms with Gasteiger partial charge >= 0.3 is 0 Å². The summed E-state index contributed by atoms with van der Waals surface area (Å²) >= 11 is 0. The first-order valence-electron chi connectivity index (χ1n) is 11.7. The third-order valence-electron chi connectivity index (χ3n) is 6.75. The Kier molecular flexibility index (Phi) is 7.22. The van der Waals surface area contributed by atoms with Crippen molar-refractivity contribution in [3.05, 3.63) is 11.7 Å². The summed E-state index contributed by atoms with van der Waals surface area (Å²) in [4.78, 5) is 31.0. The van der Waals surface area contributed by atoms with Gasteiger partial charge in [0.15, 0.2) is 12.1 Å². The van der Waals surface area contributed by atoms with E-state index in [1.54, 1.807) is 0 Å². The van der Waals surface area contributed by atoms with Crippen LogP contribution in [0.25, 0.3) is 0 Å². The van der Waals surface area contributed by atoms with Gasteiger partial charge in [0.05, 0.1) is 13.2 Å². The Labute approximate surface area is 183 Å². The van der Waals surface area contributed by atoms with E-state index in [0.717, 1.165) is 64.5 Å². The number of aryl methyl sites for hydroxylation is 1. The maximum Gasteiger partial charge on any atom is 0.227 e. The molecule has 1 N–H and O–H groups in total. The van der Waals surface area contributed by atoms with Crippen LogP contribution in [0, 0.1) is 5.92 Å². The quantitative estimate of drug-likeness (QED) is 0.685. The van der Waals surface area contributed by atoms with Crippen molar-refractivity contribution in [1.82, 2.24) is 20.4 Å². The number of nitrogens with zero attached hydrogens (tertiary/aromatic N) is 3. The van der Waals surface area contributed by atoms with E-state index in [2.05, 4.69) is 15.5 Å². The summed E-state index contributed by atoms with van der Waals surface area (Å²) in [7, 11) is 0. The molecule has 0 radical (unpaired) electrons. The van der Waals surface area contributed by atoms with E-state index < -0.39 is 5.54 Å². The molecule has 3 aliphatic rings. The minimum absolute atomic E-state index is 0.0831. The van der Waals surface area contributed by atoms with E-state index in [1.807, 2.05) is 4.90 Å². The molecule has 9 heteroatoms. The van der Waals surface area contributed by atoms with Gasteiger partial charge in [0.1, 0.15) is 5.54 Å². The summed E-state index contributed by atoms with van der Waals surface area (Å²) in [6.45, 7) is 4.32. The summed E-state index contributed by atoms with van der Waals surface area (Å²) in [5.74, 6) is 1.40. The zero-order valence-corrected chi connectivity index (χ0v) is 18.4. The van der Waals surface area contributed by atoms with Gasteiger partial charge in [0.25, 0.3) is 0 Å². The molecule has 2 amide bonds. The van der Waals surface area contributed by atoms with Crippen molar-refractivity contribution in [2.24, 2.45) is 5.92 Å². The van der Waals surface area contributed by atoms with Crippen molar-refractivity contribution in [3.63, 3.8) is 0 Å². The molecule has 0 unspecified atom stereocenters. The molecular formula is C22H34N4O5. The van der Waals surface area contributed by atoms with E-state index in [9.17, 15) is 9.59 Å². The van der Waals surface area contributed by atoms with Gasteiger partial charge in [-0.25, -0.2) is 0 Å². The minimum Gasteiger partial charge on any atom is -0.350 e. The van der Waals surface area contributed by atoms with E-state index in [1.165, 1.54) is 6.92 Å². The molecule has 1 saturated carbocycles. The standard InChI is InChI=1S/C22H34N4O5/c1-16(27)24-22(10-4-2-3-5-11-22)21-23-18(31-25-21)6-7-19(28)26-12-8-17(9-13-26)20-29-14-15-30-20/h17,20H,2-15H2,1H3,(H,24,27). The number of piperidine rings is 1. The Morgan fingerprint density at radius 3 is 2.42 bits per heavy atom. The van der Waals surface area contributed by atoms with Crippen LogP contribution in [0.4, 0.5) is 0 Å². The maximum atomic E-state index is 12.7. The number of carbonyl (C=O) groups is 2. The molecule has 4 rings (SSSR count).